The number of amides is 1. The van der Waals surface area contributed by atoms with Gasteiger partial charge in [0.1, 0.15) is 18.9 Å². The van der Waals surface area contributed by atoms with Crippen molar-refractivity contribution < 1.29 is 27.5 Å². The highest BCUT2D eigenvalue weighted by molar-refractivity contribution is 5.94. The van der Waals surface area contributed by atoms with E-state index in [0.29, 0.717) is 5.75 Å². The predicted octanol–water partition coefficient (Wildman–Crippen LogP) is 2.34. The van der Waals surface area contributed by atoms with Crippen LogP contribution in [0.5, 0.6) is 5.75 Å². The van der Waals surface area contributed by atoms with Crippen molar-refractivity contribution in [3.05, 3.63) is 29.8 Å². The highest BCUT2D eigenvalue weighted by atomic mass is 19.4. The van der Waals surface area contributed by atoms with Gasteiger partial charge in [0.2, 0.25) is 0 Å². The molecule has 0 aromatic heterocycles. The Morgan fingerprint density at radius 1 is 1.19 bits per heavy atom. The number of benzene rings is 1. The quantitative estimate of drug-likeness (QED) is 0.877. The van der Waals surface area contributed by atoms with E-state index in [0.717, 1.165) is 12.8 Å². The Hall–Kier alpha value is -2.05. The summed E-state index contributed by atoms with van der Waals surface area (Å²) in [4.78, 5) is 22.9. The van der Waals surface area contributed by atoms with Gasteiger partial charge in [0.15, 0.2) is 5.78 Å². The van der Waals surface area contributed by atoms with Gasteiger partial charge in [-0.2, -0.15) is 13.2 Å². The van der Waals surface area contributed by atoms with Crippen molar-refractivity contribution in [2.75, 3.05) is 13.2 Å². The summed E-state index contributed by atoms with van der Waals surface area (Å²) >= 11 is 0. The third kappa shape index (κ3) is 5.09. The number of halogens is 3. The maximum atomic E-state index is 12.0. The van der Waals surface area contributed by atoms with Crippen molar-refractivity contribution >= 4 is 11.7 Å². The molecule has 1 amide bonds. The highest BCUT2D eigenvalue weighted by Gasteiger charge is 2.29. The first kappa shape index (κ1) is 15.3. The smallest absolute Gasteiger partial charge is 0.405 e. The summed E-state index contributed by atoms with van der Waals surface area (Å²) in [5.41, 5.74) is 0.0973. The Morgan fingerprint density at radius 2 is 1.81 bits per heavy atom. The van der Waals surface area contributed by atoms with Crippen LogP contribution in [-0.2, 0) is 4.79 Å². The van der Waals surface area contributed by atoms with E-state index >= 15 is 0 Å². The lowest BCUT2D eigenvalue weighted by atomic mass is 10.2. The summed E-state index contributed by atoms with van der Waals surface area (Å²) in [7, 11) is 0. The lowest BCUT2D eigenvalue weighted by Gasteiger charge is -2.09. The number of alkyl halides is 3. The van der Waals surface area contributed by atoms with Crippen molar-refractivity contribution in [1.82, 2.24) is 5.32 Å². The number of hydrogen-bond acceptors (Lipinski definition) is 3. The molecule has 21 heavy (non-hydrogen) atoms. The molecule has 1 saturated carbocycles. The summed E-state index contributed by atoms with van der Waals surface area (Å²) in [6, 6.07) is 5.59. The maximum Gasteiger partial charge on any atom is 0.405 e. The van der Waals surface area contributed by atoms with E-state index in [1.165, 1.54) is 24.3 Å². The van der Waals surface area contributed by atoms with E-state index in [-0.39, 0.29) is 23.9 Å². The largest absolute Gasteiger partial charge is 0.486 e. The Kier molecular flexibility index (Phi) is 4.50. The van der Waals surface area contributed by atoms with Gasteiger partial charge in [-0.05, 0) is 37.1 Å². The van der Waals surface area contributed by atoms with Crippen LogP contribution in [-0.4, -0.2) is 31.0 Å². The van der Waals surface area contributed by atoms with Crippen LogP contribution in [0.1, 0.15) is 23.2 Å². The summed E-state index contributed by atoms with van der Waals surface area (Å²) in [5.74, 6) is -0.260. The van der Waals surface area contributed by atoms with Crippen molar-refractivity contribution in [2.24, 2.45) is 5.92 Å². The Bertz CT molecular complexity index is 521. The molecule has 7 heteroatoms. The van der Waals surface area contributed by atoms with Crippen LogP contribution in [0.25, 0.3) is 0 Å². The van der Waals surface area contributed by atoms with Gasteiger partial charge in [-0.25, -0.2) is 0 Å². The molecular formula is C14H14F3NO3. The van der Waals surface area contributed by atoms with Crippen molar-refractivity contribution in [3.63, 3.8) is 0 Å². The van der Waals surface area contributed by atoms with E-state index in [2.05, 4.69) is 0 Å². The van der Waals surface area contributed by atoms with Gasteiger partial charge in [0.25, 0.3) is 5.91 Å². The van der Waals surface area contributed by atoms with Crippen molar-refractivity contribution in [2.45, 2.75) is 19.0 Å². The molecular weight excluding hydrogens is 287 g/mol. The van der Waals surface area contributed by atoms with Gasteiger partial charge in [0.05, 0.1) is 0 Å². The maximum absolute atomic E-state index is 12.0. The van der Waals surface area contributed by atoms with Crippen LogP contribution in [0, 0.1) is 5.92 Å². The molecule has 4 nitrogen and oxygen atoms in total. The zero-order chi connectivity index (χ0) is 15.5. The lowest BCUT2D eigenvalue weighted by Crippen LogP contribution is -2.33. The number of ketones is 1. The fourth-order valence-corrected chi connectivity index (χ4v) is 1.66. The SMILES string of the molecule is O=C(NCC(F)(F)F)c1ccc(OCC(=O)C2CC2)cc1. The topological polar surface area (TPSA) is 55.4 Å². The van der Waals surface area contributed by atoms with Crippen molar-refractivity contribution in [1.29, 1.82) is 0 Å². The van der Waals surface area contributed by atoms with Gasteiger partial charge in [-0.3, -0.25) is 9.59 Å². The first-order valence-electron chi connectivity index (χ1n) is 6.46. The second-order valence-electron chi connectivity index (χ2n) is 4.85. The van der Waals surface area contributed by atoms with E-state index in [9.17, 15) is 22.8 Å². The summed E-state index contributed by atoms with van der Waals surface area (Å²) in [6.07, 6.45) is -2.64. The normalized spacial score (nSPS) is 14.6. The second-order valence-corrected chi connectivity index (χ2v) is 4.85. The molecule has 0 heterocycles. The van der Waals surface area contributed by atoms with E-state index in [1.54, 1.807) is 5.32 Å². The Labute approximate surface area is 119 Å². The first-order valence-corrected chi connectivity index (χ1v) is 6.46. The number of Topliss-reactive ketones (excluding diaryl/α,β-unsaturated/α-hetero) is 1. The van der Waals surface area contributed by atoms with Crippen LogP contribution < -0.4 is 10.1 Å². The minimum atomic E-state index is -4.44. The van der Waals surface area contributed by atoms with Crippen LogP contribution >= 0.6 is 0 Å². The monoisotopic (exact) mass is 301 g/mol. The molecule has 0 spiro atoms. The first-order chi connectivity index (χ1) is 9.85. The minimum absolute atomic E-state index is 0.0235. The van der Waals surface area contributed by atoms with E-state index < -0.39 is 18.6 Å². The molecule has 0 unspecified atom stereocenters. The Balaban J connectivity index is 1.83. The van der Waals surface area contributed by atoms with Gasteiger partial charge >= 0.3 is 6.18 Å². The van der Waals surface area contributed by atoms with Crippen LogP contribution in [0.15, 0.2) is 24.3 Å². The van der Waals surface area contributed by atoms with Gasteiger partial charge in [-0.15, -0.1) is 0 Å². The second kappa shape index (κ2) is 6.15. The fraction of sp³-hybridized carbons (Fsp3) is 0.429. The lowest BCUT2D eigenvalue weighted by molar-refractivity contribution is -0.123. The average Bonchev–Trinajstić information content (AvgIpc) is 3.26. The van der Waals surface area contributed by atoms with Crippen LogP contribution in [0.3, 0.4) is 0 Å². The molecule has 0 saturated heterocycles. The summed E-state index contributed by atoms with van der Waals surface area (Å²) in [5, 5.41) is 1.77. The third-order valence-electron chi connectivity index (χ3n) is 2.98. The van der Waals surface area contributed by atoms with E-state index in [1.807, 2.05) is 0 Å². The van der Waals surface area contributed by atoms with Gasteiger partial charge < -0.3 is 10.1 Å². The molecule has 1 fully saturated rings. The van der Waals surface area contributed by atoms with Gasteiger partial charge in [-0.1, -0.05) is 0 Å². The molecule has 1 aromatic carbocycles. The minimum Gasteiger partial charge on any atom is -0.486 e. The molecule has 0 aliphatic heterocycles. The molecule has 1 aliphatic carbocycles. The summed E-state index contributed by atoms with van der Waals surface area (Å²) < 4.78 is 41.2. The number of hydrogen-bond donors (Lipinski definition) is 1. The average molecular weight is 301 g/mol. The third-order valence-corrected chi connectivity index (χ3v) is 2.98. The number of nitrogens with one attached hydrogen (secondary N) is 1. The zero-order valence-corrected chi connectivity index (χ0v) is 11.1. The number of ether oxygens (including phenoxy) is 1. The number of carbonyl (C=O) groups is 2. The van der Waals surface area contributed by atoms with Crippen LogP contribution in [0.2, 0.25) is 0 Å². The molecule has 1 aromatic rings. The summed E-state index contributed by atoms with van der Waals surface area (Å²) in [6.45, 7) is -1.40. The molecule has 2 rings (SSSR count). The standard InChI is InChI=1S/C14H14F3NO3/c15-14(16,17)8-18-13(20)10-3-5-11(6-4-10)21-7-12(19)9-1-2-9/h3-6,9H,1-2,7-8H2,(H,18,20). The van der Waals surface area contributed by atoms with E-state index in [4.69, 9.17) is 4.74 Å². The molecule has 114 valence electrons. The predicted molar refractivity (Wildman–Crippen MR) is 68.1 cm³/mol. The Morgan fingerprint density at radius 3 is 2.33 bits per heavy atom. The zero-order valence-electron chi connectivity index (χ0n) is 11.1. The fourth-order valence-electron chi connectivity index (χ4n) is 1.66. The molecule has 1 N–H and O–H groups in total. The number of rotatable bonds is 6. The highest BCUT2D eigenvalue weighted by Crippen LogP contribution is 2.29. The van der Waals surface area contributed by atoms with Crippen LogP contribution in [0.4, 0.5) is 13.2 Å². The van der Waals surface area contributed by atoms with Gasteiger partial charge in [0, 0.05) is 11.5 Å². The molecule has 1 aliphatic rings. The molecule has 0 atom stereocenters. The number of carbonyl (C=O) groups excluding carboxylic acids is 2. The molecule has 0 radical (unpaired) electrons. The van der Waals surface area contributed by atoms with Crippen molar-refractivity contribution in [3.8, 4) is 5.75 Å². The molecule has 0 bridgehead atoms.